The van der Waals surface area contributed by atoms with Crippen LogP contribution in [0, 0.1) is 35.0 Å². The number of methoxy groups -OCH3 is 1. The average molecular weight is 1500 g/mol. The van der Waals surface area contributed by atoms with E-state index in [2.05, 4.69) is 22.9 Å². The molecule has 3 aliphatic carbocycles. The number of nitrogens with zero attached hydrogens (tertiary/aromatic N) is 9. The zero-order chi connectivity index (χ0) is 76.8. The summed E-state index contributed by atoms with van der Waals surface area (Å²) in [6.45, 7) is 15.0. The SMILES string of the molecule is CCO[C@@H]1C[C@H]2C(=O)NC3(CC(C)(C)C3)C(=O)N(C)[C@@H](C(CC)CC)C(=O)N(C)[C@H](C(=O)N3CCCC3)CC(=O)N(C)[C@@H](COC)C(=O)N[C@@H]([C@@H](C)CC)C(=O)N(C)CC(=O)N(C)[C@H]3C/C=C\CCN(C3=O)[C@@H](CC3CCC(C)CC3)C(=O)N(C)CC(=O)N[C@@H](CCC3CCC(Cl)C(Cl)C3)C(=O)N2C1. The molecule has 586 valence electrons. The Hall–Kier alpha value is -6.12. The summed E-state index contributed by atoms with van der Waals surface area (Å²) in [6.07, 6.45) is 12.2. The third-order valence-electron chi connectivity index (χ3n) is 23.9. The highest BCUT2D eigenvalue weighted by molar-refractivity contribution is 6.30. The standard InChI is InChI=1S/C76H124Cl2N12O14/c1-16-48(6)64-72(100)83(10)43-63(93)84(11)56-25-21-20-22-36-89(71(56)99)59(38-50-28-26-47(5)27-29-50)69(97)82(9)42-61(91)79-55(33-31-49-30-32-53(77)54(78)37-49)68(96)90-41-52(104-19-4)39-57(90)67(95)81-76(45-75(7,8)46-76)74(102)87(14)65(51(17-2)18-3)73(101)86(13)58(70(98)88-34-23-24-35-88)40-62(92)85(12)60(44-103-15)66(94)80-64/h20-21,47-60,64-65H,16-19,22-46H2,1-15H3,(H,79,91)(H,80,94)(H,81,95)/b21-20-/t47?,48-,49?,50?,52+,53?,54?,55-,56-,57-,58-,59-,60-,64-,65-/m0/s1. The van der Waals surface area contributed by atoms with Crippen LogP contribution < -0.4 is 16.0 Å². The molecule has 4 aliphatic heterocycles. The van der Waals surface area contributed by atoms with Crippen LogP contribution in [0.4, 0.5) is 0 Å². The number of rotatable bonds is 15. The van der Waals surface area contributed by atoms with Crippen molar-refractivity contribution in [1.82, 2.24) is 60.0 Å². The lowest BCUT2D eigenvalue weighted by molar-refractivity contribution is -0.161. The molecule has 3 saturated carbocycles. The first-order chi connectivity index (χ1) is 49.2. The van der Waals surface area contributed by atoms with Crippen LogP contribution in [0.25, 0.3) is 0 Å². The van der Waals surface area contributed by atoms with Crippen molar-refractivity contribution in [3.05, 3.63) is 12.2 Å². The lowest BCUT2D eigenvalue weighted by Crippen LogP contribution is -2.71. The van der Waals surface area contributed by atoms with Gasteiger partial charge in [-0.25, -0.2) is 0 Å². The van der Waals surface area contributed by atoms with Gasteiger partial charge in [-0.2, -0.15) is 0 Å². The number of amides is 12. The van der Waals surface area contributed by atoms with E-state index in [1.807, 2.05) is 53.7 Å². The average Bonchev–Trinajstić information content (AvgIpc) is 0.785. The lowest BCUT2D eigenvalue weighted by atomic mass is 9.58. The van der Waals surface area contributed by atoms with E-state index in [1.54, 1.807) is 11.8 Å². The molecule has 0 aromatic rings. The number of hydrogen-bond donors (Lipinski definition) is 3. The molecule has 0 aromatic carbocycles. The Labute approximate surface area is 628 Å². The summed E-state index contributed by atoms with van der Waals surface area (Å²) in [5, 5.41) is 8.46. The van der Waals surface area contributed by atoms with Gasteiger partial charge in [0.1, 0.15) is 53.9 Å². The van der Waals surface area contributed by atoms with Gasteiger partial charge in [0, 0.05) is 94.0 Å². The molecule has 2 bridgehead atoms. The van der Waals surface area contributed by atoms with Crippen LogP contribution in [0.15, 0.2) is 12.2 Å². The largest absolute Gasteiger partial charge is 0.382 e. The molecule has 7 rings (SSSR count). The van der Waals surface area contributed by atoms with Crippen molar-refractivity contribution >= 4 is 94.1 Å². The van der Waals surface area contributed by atoms with Crippen molar-refractivity contribution in [3.63, 3.8) is 0 Å². The topological polar surface area (TPSA) is 289 Å². The van der Waals surface area contributed by atoms with Crippen molar-refractivity contribution in [2.45, 2.75) is 261 Å². The van der Waals surface area contributed by atoms with Gasteiger partial charge in [-0.05, 0) is 119 Å². The number of halogens is 2. The smallest absolute Gasteiger partial charge is 0.248 e. The van der Waals surface area contributed by atoms with Gasteiger partial charge in [0.2, 0.25) is 70.9 Å². The molecule has 4 heterocycles. The quantitative estimate of drug-likeness (QED) is 0.133. The molecular weight excluding hydrogens is 1380 g/mol. The fourth-order valence-electron chi connectivity index (χ4n) is 17.3. The van der Waals surface area contributed by atoms with E-state index in [9.17, 15) is 24.0 Å². The molecule has 6 fully saturated rings. The third-order valence-corrected chi connectivity index (χ3v) is 25.0. The van der Waals surface area contributed by atoms with E-state index >= 15 is 33.6 Å². The molecule has 7 aliphatic rings. The van der Waals surface area contributed by atoms with Gasteiger partial charge in [0.25, 0.3) is 0 Å². The molecule has 3 unspecified atom stereocenters. The number of carbonyl (C=O) groups excluding carboxylic acids is 12. The molecule has 0 radical (unpaired) electrons. The van der Waals surface area contributed by atoms with Crippen LogP contribution in [-0.2, 0) is 67.0 Å². The second-order valence-electron chi connectivity index (χ2n) is 32.1. The molecule has 26 nitrogen and oxygen atoms in total. The summed E-state index contributed by atoms with van der Waals surface area (Å²) < 4.78 is 11.7. The summed E-state index contributed by atoms with van der Waals surface area (Å²) in [6, 6.07) is -9.89. The van der Waals surface area contributed by atoms with E-state index in [1.165, 1.54) is 83.7 Å². The van der Waals surface area contributed by atoms with E-state index in [4.69, 9.17) is 32.7 Å². The maximum absolute atomic E-state index is 15.9. The maximum atomic E-state index is 15.9. The van der Waals surface area contributed by atoms with Gasteiger partial charge in [-0.3, -0.25) is 57.5 Å². The number of hydrogen-bond acceptors (Lipinski definition) is 14. The number of likely N-dealkylation sites (tertiary alicyclic amines) is 1. The Morgan fingerprint density at radius 3 is 1.89 bits per heavy atom. The van der Waals surface area contributed by atoms with Crippen LogP contribution in [-0.4, -0.2) is 288 Å². The number of nitrogens with one attached hydrogen (secondary N) is 3. The first-order valence-electron chi connectivity index (χ1n) is 38.6. The molecule has 0 aromatic heterocycles. The van der Waals surface area contributed by atoms with E-state index in [0.717, 1.165) is 37.0 Å². The molecular formula is C76H124Cl2N12O14. The minimum atomic E-state index is -1.60. The van der Waals surface area contributed by atoms with Crippen molar-refractivity contribution < 1.29 is 67.0 Å². The van der Waals surface area contributed by atoms with E-state index in [-0.39, 0.29) is 87.4 Å². The second-order valence-corrected chi connectivity index (χ2v) is 33.2. The van der Waals surface area contributed by atoms with Gasteiger partial charge >= 0.3 is 0 Å². The highest BCUT2D eigenvalue weighted by Gasteiger charge is 2.59. The minimum absolute atomic E-state index is 0.0353. The van der Waals surface area contributed by atoms with Crippen LogP contribution >= 0.6 is 23.2 Å². The zero-order valence-corrected chi connectivity index (χ0v) is 66.4. The van der Waals surface area contributed by atoms with Gasteiger partial charge in [-0.15, -0.1) is 23.2 Å². The Morgan fingerprint density at radius 1 is 0.644 bits per heavy atom. The molecule has 13 atom stereocenters. The molecule has 28 heteroatoms. The Morgan fingerprint density at radius 2 is 1.29 bits per heavy atom. The highest BCUT2D eigenvalue weighted by Crippen LogP contribution is 2.50. The number of alkyl halides is 2. The summed E-state index contributed by atoms with van der Waals surface area (Å²) in [7, 11) is 10.1. The predicted octanol–water partition coefficient (Wildman–Crippen LogP) is 5.58. The van der Waals surface area contributed by atoms with Crippen molar-refractivity contribution in [2.75, 3.05) is 102 Å². The molecule has 3 N–H and O–H groups in total. The number of ether oxygens (including phenoxy) is 2. The second kappa shape index (κ2) is 38.1. The zero-order valence-electron chi connectivity index (χ0n) is 64.9. The van der Waals surface area contributed by atoms with Crippen LogP contribution in [0.5, 0.6) is 0 Å². The summed E-state index contributed by atoms with van der Waals surface area (Å²) >= 11 is 13.4. The van der Waals surface area contributed by atoms with Crippen LogP contribution in [0.1, 0.15) is 190 Å². The molecule has 12 amide bonds. The number of carbonyl (C=O) groups is 12. The molecule has 3 saturated heterocycles. The maximum Gasteiger partial charge on any atom is 0.248 e. The fourth-order valence-corrected chi connectivity index (χ4v) is 17.9. The summed E-state index contributed by atoms with van der Waals surface area (Å²) in [4.78, 5) is 195. The van der Waals surface area contributed by atoms with Gasteiger partial charge in [0.15, 0.2) is 0 Å². The Bertz CT molecular complexity index is 3060. The normalized spacial score (nSPS) is 32.1. The predicted molar refractivity (Wildman–Crippen MR) is 396 cm³/mol. The number of fused-ring (bicyclic) bond motifs is 3. The Kier molecular flexibility index (Phi) is 31.2. The van der Waals surface area contributed by atoms with Crippen molar-refractivity contribution in [3.8, 4) is 0 Å². The van der Waals surface area contributed by atoms with Crippen LogP contribution in [0.2, 0.25) is 0 Å². The highest BCUT2D eigenvalue weighted by atomic mass is 35.5. The Balaban J connectivity index is 1.33. The first-order valence-corrected chi connectivity index (χ1v) is 39.4. The number of likely N-dealkylation sites (N-methyl/N-ethyl adjacent to an activating group) is 6. The van der Waals surface area contributed by atoms with Crippen molar-refractivity contribution in [1.29, 1.82) is 0 Å². The van der Waals surface area contributed by atoms with Crippen LogP contribution in [0.3, 0.4) is 0 Å². The van der Waals surface area contributed by atoms with E-state index in [0.29, 0.717) is 76.8 Å². The molecule has 1 spiro atoms. The van der Waals surface area contributed by atoms with Gasteiger partial charge < -0.3 is 69.5 Å². The summed E-state index contributed by atoms with van der Waals surface area (Å²) in [5.41, 5.74) is -2.08. The third kappa shape index (κ3) is 20.8. The lowest BCUT2D eigenvalue weighted by Gasteiger charge is -2.54. The van der Waals surface area contributed by atoms with Gasteiger partial charge in [-0.1, -0.05) is 106 Å². The molecule has 104 heavy (non-hydrogen) atoms. The van der Waals surface area contributed by atoms with Crippen molar-refractivity contribution in [2.24, 2.45) is 35.0 Å². The fraction of sp³-hybridized carbons (Fsp3) is 0.816. The first kappa shape index (κ1) is 85.1. The minimum Gasteiger partial charge on any atom is -0.382 e. The van der Waals surface area contributed by atoms with Gasteiger partial charge in [0.05, 0.1) is 37.6 Å². The monoisotopic (exact) mass is 1500 g/mol. The van der Waals surface area contributed by atoms with E-state index < -0.39 is 168 Å². The summed E-state index contributed by atoms with van der Waals surface area (Å²) in [5.74, 6) is -7.77.